The quantitative estimate of drug-likeness (QED) is 0.526. The Morgan fingerprint density at radius 1 is 0.875 bits per heavy atom. The number of hydrogen-bond acceptors (Lipinski definition) is 1. The lowest BCUT2D eigenvalue weighted by Crippen LogP contribution is -2.28. The molecule has 0 spiro atoms. The monoisotopic (exact) mass is 228 g/mol. The lowest BCUT2D eigenvalue weighted by atomic mass is 9.81. The predicted molar refractivity (Wildman–Crippen MR) is 72.7 cm³/mol. The highest BCUT2D eigenvalue weighted by molar-refractivity contribution is 4.75. The van der Waals surface area contributed by atoms with E-state index in [9.17, 15) is 5.11 Å². The molecule has 1 heteroatoms. The highest BCUT2D eigenvalue weighted by Gasteiger charge is 2.24. The van der Waals surface area contributed by atoms with Gasteiger partial charge in [-0.15, -0.1) is 0 Å². The van der Waals surface area contributed by atoms with Crippen LogP contribution in [0.3, 0.4) is 0 Å². The van der Waals surface area contributed by atoms with E-state index in [1.165, 1.54) is 44.9 Å². The minimum Gasteiger partial charge on any atom is -0.393 e. The zero-order chi connectivity index (χ0) is 12.4. The molecule has 98 valence electrons. The molecular formula is C15H32O. The van der Waals surface area contributed by atoms with Gasteiger partial charge in [0, 0.05) is 0 Å². The summed E-state index contributed by atoms with van der Waals surface area (Å²) in [7, 11) is 0. The predicted octanol–water partition coefficient (Wildman–Crippen LogP) is 4.92. The average Bonchev–Trinajstić information content (AvgIpc) is 2.27. The van der Waals surface area contributed by atoms with Gasteiger partial charge in [-0.2, -0.15) is 0 Å². The molecule has 0 aliphatic carbocycles. The van der Waals surface area contributed by atoms with E-state index in [4.69, 9.17) is 0 Å². The van der Waals surface area contributed by atoms with Crippen molar-refractivity contribution in [2.24, 2.45) is 5.41 Å². The van der Waals surface area contributed by atoms with Crippen LogP contribution in [0.25, 0.3) is 0 Å². The molecule has 0 heterocycles. The van der Waals surface area contributed by atoms with Gasteiger partial charge in [0.2, 0.25) is 0 Å². The molecule has 0 fully saturated rings. The minimum atomic E-state index is -0.117. The van der Waals surface area contributed by atoms with Gasteiger partial charge in [-0.05, 0) is 18.3 Å². The van der Waals surface area contributed by atoms with E-state index in [0.29, 0.717) is 0 Å². The van der Waals surface area contributed by atoms with E-state index in [1.54, 1.807) is 0 Å². The molecule has 1 nitrogen and oxygen atoms in total. The lowest BCUT2D eigenvalue weighted by Gasteiger charge is -2.29. The first-order valence-electron chi connectivity index (χ1n) is 7.22. The number of hydrogen-bond donors (Lipinski definition) is 1. The highest BCUT2D eigenvalue weighted by atomic mass is 16.3. The summed E-state index contributed by atoms with van der Waals surface area (Å²) in [6.45, 7) is 8.75. The fourth-order valence-electron chi connectivity index (χ4n) is 1.92. The van der Waals surface area contributed by atoms with Crippen LogP contribution in [0.15, 0.2) is 0 Å². The van der Waals surface area contributed by atoms with Crippen molar-refractivity contribution >= 4 is 0 Å². The molecule has 1 unspecified atom stereocenters. The van der Waals surface area contributed by atoms with Crippen LogP contribution in [-0.2, 0) is 0 Å². The largest absolute Gasteiger partial charge is 0.393 e. The third-order valence-corrected chi connectivity index (χ3v) is 3.89. The van der Waals surface area contributed by atoms with Gasteiger partial charge in [0.25, 0.3) is 0 Å². The SMILES string of the molecule is CCCCCCCCCC(O)C(C)(C)CC. The first kappa shape index (κ1) is 16.0. The Morgan fingerprint density at radius 2 is 1.38 bits per heavy atom. The summed E-state index contributed by atoms with van der Waals surface area (Å²) in [5.41, 5.74) is 0.0994. The maximum absolute atomic E-state index is 10.0. The van der Waals surface area contributed by atoms with E-state index < -0.39 is 0 Å². The second-order valence-electron chi connectivity index (χ2n) is 5.77. The smallest absolute Gasteiger partial charge is 0.0591 e. The molecule has 0 aliphatic heterocycles. The Bertz CT molecular complexity index is 152. The maximum Gasteiger partial charge on any atom is 0.0591 e. The molecule has 0 radical (unpaired) electrons. The van der Waals surface area contributed by atoms with E-state index in [-0.39, 0.29) is 11.5 Å². The third kappa shape index (κ3) is 7.27. The van der Waals surface area contributed by atoms with Gasteiger partial charge in [0.05, 0.1) is 6.10 Å². The van der Waals surface area contributed by atoms with Crippen molar-refractivity contribution in [2.75, 3.05) is 0 Å². The van der Waals surface area contributed by atoms with Crippen LogP contribution >= 0.6 is 0 Å². The molecule has 0 aromatic heterocycles. The summed E-state index contributed by atoms with van der Waals surface area (Å²) in [4.78, 5) is 0. The number of aliphatic hydroxyl groups is 1. The molecule has 1 atom stereocenters. The number of unbranched alkanes of at least 4 members (excludes halogenated alkanes) is 6. The molecule has 0 aromatic rings. The lowest BCUT2D eigenvalue weighted by molar-refractivity contribution is 0.0384. The van der Waals surface area contributed by atoms with Crippen LogP contribution in [0.5, 0.6) is 0 Å². The molecule has 16 heavy (non-hydrogen) atoms. The van der Waals surface area contributed by atoms with Crippen LogP contribution in [0, 0.1) is 5.41 Å². The topological polar surface area (TPSA) is 20.2 Å². The fraction of sp³-hybridized carbons (Fsp3) is 1.00. The van der Waals surface area contributed by atoms with E-state index in [2.05, 4.69) is 27.7 Å². The van der Waals surface area contributed by atoms with E-state index in [1.807, 2.05) is 0 Å². The first-order valence-corrected chi connectivity index (χ1v) is 7.22. The molecule has 0 saturated carbocycles. The highest BCUT2D eigenvalue weighted by Crippen LogP contribution is 2.28. The molecule has 0 bridgehead atoms. The normalized spacial score (nSPS) is 14.1. The minimum absolute atomic E-state index is 0.0994. The van der Waals surface area contributed by atoms with Crippen molar-refractivity contribution in [2.45, 2.75) is 91.6 Å². The Balaban J connectivity index is 3.38. The van der Waals surface area contributed by atoms with Gasteiger partial charge >= 0.3 is 0 Å². The zero-order valence-electron chi connectivity index (χ0n) is 11.9. The summed E-state index contributed by atoms with van der Waals surface area (Å²) < 4.78 is 0. The average molecular weight is 228 g/mol. The molecule has 0 rings (SSSR count). The van der Waals surface area contributed by atoms with Crippen LogP contribution in [0.4, 0.5) is 0 Å². The standard InChI is InChI=1S/C15H32O/c1-5-7-8-9-10-11-12-13-14(16)15(3,4)6-2/h14,16H,5-13H2,1-4H3. The Kier molecular flexibility index (Phi) is 9.02. The van der Waals surface area contributed by atoms with Crippen molar-refractivity contribution in [3.05, 3.63) is 0 Å². The second kappa shape index (κ2) is 9.04. The maximum atomic E-state index is 10.0. The van der Waals surface area contributed by atoms with Crippen molar-refractivity contribution in [1.29, 1.82) is 0 Å². The molecule has 0 saturated heterocycles. The molecular weight excluding hydrogens is 196 g/mol. The summed E-state index contributed by atoms with van der Waals surface area (Å²) >= 11 is 0. The Labute approximate surface area is 103 Å². The van der Waals surface area contributed by atoms with Crippen LogP contribution in [-0.4, -0.2) is 11.2 Å². The summed E-state index contributed by atoms with van der Waals surface area (Å²) in [6.07, 6.45) is 11.2. The van der Waals surface area contributed by atoms with Gasteiger partial charge < -0.3 is 5.11 Å². The van der Waals surface area contributed by atoms with Crippen LogP contribution in [0.2, 0.25) is 0 Å². The first-order chi connectivity index (χ1) is 7.54. The summed E-state index contributed by atoms with van der Waals surface area (Å²) in [5.74, 6) is 0. The van der Waals surface area contributed by atoms with Gasteiger partial charge in [-0.25, -0.2) is 0 Å². The van der Waals surface area contributed by atoms with Crippen molar-refractivity contribution in [3.8, 4) is 0 Å². The van der Waals surface area contributed by atoms with Gasteiger partial charge in [0.15, 0.2) is 0 Å². The van der Waals surface area contributed by atoms with Gasteiger partial charge in [-0.3, -0.25) is 0 Å². The van der Waals surface area contributed by atoms with Crippen molar-refractivity contribution in [1.82, 2.24) is 0 Å². The molecule has 0 aliphatic rings. The third-order valence-electron chi connectivity index (χ3n) is 3.89. The van der Waals surface area contributed by atoms with Crippen molar-refractivity contribution < 1.29 is 5.11 Å². The summed E-state index contributed by atoms with van der Waals surface area (Å²) in [5, 5.41) is 10.0. The van der Waals surface area contributed by atoms with Crippen LogP contribution in [0.1, 0.15) is 85.5 Å². The Hall–Kier alpha value is -0.0400. The molecule has 1 N–H and O–H groups in total. The summed E-state index contributed by atoms with van der Waals surface area (Å²) in [6, 6.07) is 0. The number of rotatable bonds is 10. The van der Waals surface area contributed by atoms with E-state index >= 15 is 0 Å². The zero-order valence-corrected chi connectivity index (χ0v) is 11.9. The van der Waals surface area contributed by atoms with Gasteiger partial charge in [0.1, 0.15) is 0 Å². The van der Waals surface area contributed by atoms with E-state index in [0.717, 1.165) is 12.8 Å². The van der Waals surface area contributed by atoms with Crippen molar-refractivity contribution in [3.63, 3.8) is 0 Å². The van der Waals surface area contributed by atoms with Gasteiger partial charge in [-0.1, -0.05) is 72.6 Å². The van der Waals surface area contributed by atoms with Crippen LogP contribution < -0.4 is 0 Å². The Morgan fingerprint density at radius 3 is 1.88 bits per heavy atom. The fourth-order valence-corrected chi connectivity index (χ4v) is 1.92. The second-order valence-corrected chi connectivity index (χ2v) is 5.77. The number of aliphatic hydroxyl groups excluding tert-OH is 1. The molecule has 0 amide bonds. The molecule has 0 aromatic carbocycles.